The van der Waals surface area contributed by atoms with Crippen molar-refractivity contribution in [3.63, 3.8) is 0 Å². The second-order valence-corrected chi connectivity index (χ2v) is 12.5. The van der Waals surface area contributed by atoms with E-state index in [4.69, 9.17) is 20.5 Å². The highest BCUT2D eigenvalue weighted by atomic mass is 79.9. The Morgan fingerprint density at radius 1 is 1.02 bits per heavy atom. The van der Waals surface area contributed by atoms with Crippen LogP contribution in [0, 0.1) is 19.8 Å². The molecular formula is C30H29BrClNO7S. The molecule has 41 heavy (non-hydrogen) atoms. The minimum atomic E-state index is -4.55. The van der Waals surface area contributed by atoms with E-state index in [9.17, 15) is 22.8 Å². The summed E-state index contributed by atoms with van der Waals surface area (Å²) in [5.41, 5.74) is 0.360. The number of carbonyl (C=O) groups is 3. The molecule has 2 unspecified atom stereocenters. The minimum Gasteiger partial charge on any atom is -0.389 e. The number of aryl methyl sites for hydroxylation is 2. The molecule has 0 bridgehead atoms. The quantitative estimate of drug-likeness (QED) is 0.127. The normalized spacial score (nSPS) is 18.9. The first-order valence-electron chi connectivity index (χ1n) is 13.0. The summed E-state index contributed by atoms with van der Waals surface area (Å²) >= 11 is 9.30. The first kappa shape index (κ1) is 30.9. The van der Waals surface area contributed by atoms with E-state index in [0.29, 0.717) is 34.4 Å². The van der Waals surface area contributed by atoms with Gasteiger partial charge in [0.15, 0.2) is 5.60 Å². The molecule has 1 aliphatic carbocycles. The fraction of sp³-hybridized carbons (Fsp3) is 0.300. The Labute approximate surface area is 252 Å². The molecule has 8 nitrogen and oxygen atoms in total. The SMILES string of the molecule is Cc1ccc(S(=O)(=O)OC2(C(=O)Nc3ccc(Cl)cc3)CCCCC2C(=O)OC(=O)c2cccc(CBr)c2)c(C)c1. The van der Waals surface area contributed by atoms with Crippen LogP contribution < -0.4 is 5.32 Å². The maximum atomic E-state index is 13.9. The van der Waals surface area contributed by atoms with Gasteiger partial charge in [0.2, 0.25) is 0 Å². The lowest BCUT2D eigenvalue weighted by atomic mass is 9.74. The van der Waals surface area contributed by atoms with Crippen molar-refractivity contribution in [1.82, 2.24) is 0 Å². The zero-order valence-electron chi connectivity index (χ0n) is 22.5. The van der Waals surface area contributed by atoms with Crippen molar-refractivity contribution in [2.75, 3.05) is 5.32 Å². The predicted octanol–water partition coefficient (Wildman–Crippen LogP) is 6.51. The molecule has 3 aromatic carbocycles. The van der Waals surface area contributed by atoms with Crippen LogP contribution in [0.25, 0.3) is 0 Å². The van der Waals surface area contributed by atoms with Gasteiger partial charge in [-0.25, -0.2) is 8.98 Å². The number of benzene rings is 3. The van der Waals surface area contributed by atoms with Gasteiger partial charge in [-0.05, 0) is 86.7 Å². The molecule has 0 spiro atoms. The van der Waals surface area contributed by atoms with Gasteiger partial charge in [0.05, 0.1) is 16.4 Å². The lowest BCUT2D eigenvalue weighted by molar-refractivity contribution is -0.160. The molecule has 0 heterocycles. The summed E-state index contributed by atoms with van der Waals surface area (Å²) in [6.07, 6.45) is 0.880. The molecule has 2 atom stereocenters. The van der Waals surface area contributed by atoms with Crippen molar-refractivity contribution in [2.24, 2.45) is 5.92 Å². The molecule has 1 aliphatic rings. The number of anilines is 1. The van der Waals surface area contributed by atoms with Crippen LogP contribution >= 0.6 is 27.5 Å². The number of ether oxygens (including phenoxy) is 1. The highest BCUT2D eigenvalue weighted by Gasteiger charge is 2.56. The van der Waals surface area contributed by atoms with Crippen LogP contribution in [0.2, 0.25) is 5.02 Å². The van der Waals surface area contributed by atoms with E-state index in [-0.39, 0.29) is 23.3 Å². The van der Waals surface area contributed by atoms with Crippen LogP contribution in [-0.2, 0) is 34.0 Å². The third-order valence-corrected chi connectivity index (χ3v) is 9.41. The molecule has 1 N–H and O–H groups in total. The summed E-state index contributed by atoms with van der Waals surface area (Å²) < 4.78 is 38.4. The average molecular weight is 663 g/mol. The predicted molar refractivity (Wildman–Crippen MR) is 158 cm³/mol. The lowest BCUT2D eigenvalue weighted by Crippen LogP contribution is -2.57. The van der Waals surface area contributed by atoms with E-state index in [1.807, 2.05) is 6.92 Å². The molecule has 11 heteroatoms. The number of nitrogens with one attached hydrogen (secondary N) is 1. The molecule has 0 aromatic heterocycles. The summed E-state index contributed by atoms with van der Waals surface area (Å²) in [6.45, 7) is 3.44. The third kappa shape index (κ3) is 7.06. The molecule has 216 valence electrons. The van der Waals surface area contributed by atoms with Crippen LogP contribution in [0.5, 0.6) is 0 Å². The van der Waals surface area contributed by atoms with Crippen LogP contribution in [0.1, 0.15) is 52.7 Å². The van der Waals surface area contributed by atoms with Gasteiger partial charge in [0, 0.05) is 16.0 Å². The standard InChI is InChI=1S/C30H29BrClNO7S/c1-19-9-14-26(20(2)16-19)41(37,38)40-30(29(36)33-24-12-10-23(32)11-13-24)15-4-3-8-25(30)28(35)39-27(34)22-7-5-6-21(17-22)18-31/h5-7,9-14,16-17,25H,3-4,8,15,18H2,1-2H3,(H,33,36). The molecule has 0 saturated heterocycles. The first-order valence-corrected chi connectivity index (χ1v) is 15.9. The molecular weight excluding hydrogens is 634 g/mol. The molecule has 4 rings (SSSR count). The topological polar surface area (TPSA) is 116 Å². The van der Waals surface area contributed by atoms with Crippen LogP contribution in [0.4, 0.5) is 5.69 Å². The summed E-state index contributed by atoms with van der Waals surface area (Å²) in [5.74, 6) is -4.18. The van der Waals surface area contributed by atoms with Gasteiger partial charge < -0.3 is 10.1 Å². The Morgan fingerprint density at radius 2 is 1.76 bits per heavy atom. The maximum absolute atomic E-state index is 13.9. The number of halogens is 2. The largest absolute Gasteiger partial charge is 0.389 e. The summed E-state index contributed by atoms with van der Waals surface area (Å²) in [4.78, 5) is 40.3. The van der Waals surface area contributed by atoms with E-state index < -0.39 is 39.5 Å². The van der Waals surface area contributed by atoms with Gasteiger partial charge in [-0.15, -0.1) is 0 Å². The number of hydrogen-bond donors (Lipinski definition) is 1. The van der Waals surface area contributed by atoms with Crippen molar-refractivity contribution in [1.29, 1.82) is 0 Å². The van der Waals surface area contributed by atoms with Gasteiger partial charge in [0.25, 0.3) is 16.0 Å². The maximum Gasteiger partial charge on any atom is 0.345 e. The second-order valence-electron chi connectivity index (χ2n) is 10.00. The number of carbonyl (C=O) groups excluding carboxylic acids is 3. The van der Waals surface area contributed by atoms with Gasteiger partial charge in [-0.1, -0.05) is 63.8 Å². The van der Waals surface area contributed by atoms with Gasteiger partial charge >= 0.3 is 11.9 Å². The number of hydrogen-bond acceptors (Lipinski definition) is 7. The zero-order chi connectivity index (χ0) is 29.8. The van der Waals surface area contributed by atoms with E-state index in [2.05, 4.69) is 21.2 Å². The molecule has 1 amide bonds. The van der Waals surface area contributed by atoms with Crippen molar-refractivity contribution >= 4 is 61.2 Å². The number of alkyl halides is 1. The zero-order valence-corrected chi connectivity index (χ0v) is 25.6. The van der Waals surface area contributed by atoms with E-state index in [1.165, 1.54) is 12.1 Å². The van der Waals surface area contributed by atoms with E-state index >= 15 is 0 Å². The van der Waals surface area contributed by atoms with Crippen LogP contribution in [0.15, 0.2) is 71.6 Å². The highest BCUT2D eigenvalue weighted by molar-refractivity contribution is 9.08. The van der Waals surface area contributed by atoms with Crippen molar-refractivity contribution in [3.8, 4) is 0 Å². The smallest absolute Gasteiger partial charge is 0.345 e. The Morgan fingerprint density at radius 3 is 2.44 bits per heavy atom. The fourth-order valence-corrected chi connectivity index (χ4v) is 6.87. The number of esters is 2. The molecule has 3 aromatic rings. The molecule has 0 aliphatic heterocycles. The van der Waals surface area contributed by atoms with Gasteiger partial charge in [-0.3, -0.25) is 9.59 Å². The lowest BCUT2D eigenvalue weighted by Gasteiger charge is -2.40. The van der Waals surface area contributed by atoms with Crippen LogP contribution in [0.3, 0.4) is 0 Å². The fourth-order valence-electron chi connectivity index (χ4n) is 4.95. The summed E-state index contributed by atoms with van der Waals surface area (Å²) in [5, 5.41) is 3.60. The van der Waals surface area contributed by atoms with Gasteiger partial charge in [0.1, 0.15) is 0 Å². The molecule has 0 radical (unpaired) electrons. The molecule has 1 fully saturated rings. The van der Waals surface area contributed by atoms with E-state index in [0.717, 1.165) is 11.1 Å². The average Bonchev–Trinajstić information content (AvgIpc) is 2.94. The number of rotatable bonds is 8. The third-order valence-electron chi connectivity index (χ3n) is 6.99. The summed E-state index contributed by atoms with van der Waals surface area (Å²) in [7, 11) is -4.55. The van der Waals surface area contributed by atoms with Crippen molar-refractivity contribution in [3.05, 3.63) is 94.0 Å². The van der Waals surface area contributed by atoms with Gasteiger partial charge in [-0.2, -0.15) is 8.42 Å². The first-order chi connectivity index (χ1) is 19.4. The Balaban J connectivity index is 1.73. The number of amides is 1. The summed E-state index contributed by atoms with van der Waals surface area (Å²) in [6, 6.07) is 17.4. The van der Waals surface area contributed by atoms with Crippen molar-refractivity contribution in [2.45, 2.75) is 55.4 Å². The second kappa shape index (κ2) is 12.9. The monoisotopic (exact) mass is 661 g/mol. The highest BCUT2D eigenvalue weighted by Crippen LogP contribution is 2.42. The Hall–Kier alpha value is -3.05. The Kier molecular flexibility index (Phi) is 9.69. The Bertz CT molecular complexity index is 1580. The van der Waals surface area contributed by atoms with E-state index in [1.54, 1.807) is 61.5 Å². The minimum absolute atomic E-state index is 0.0734. The molecule has 1 saturated carbocycles. The van der Waals surface area contributed by atoms with Crippen molar-refractivity contribution < 1.29 is 31.7 Å². The van der Waals surface area contributed by atoms with Crippen LogP contribution in [-0.4, -0.2) is 31.9 Å².